The van der Waals surface area contributed by atoms with Gasteiger partial charge in [-0.2, -0.15) is 8.42 Å². The molecule has 0 amide bonds. The highest BCUT2D eigenvalue weighted by Gasteiger charge is 2.30. The van der Waals surface area contributed by atoms with Crippen molar-refractivity contribution in [3.8, 4) is 0 Å². The van der Waals surface area contributed by atoms with E-state index in [-0.39, 0.29) is 6.42 Å². The largest absolute Gasteiger partial charge is 0.468 e. The summed E-state index contributed by atoms with van der Waals surface area (Å²) in [6.45, 7) is 1.86. The van der Waals surface area contributed by atoms with Gasteiger partial charge < -0.3 is 4.74 Å². The van der Waals surface area contributed by atoms with Crippen LogP contribution >= 0.6 is 0 Å². The van der Waals surface area contributed by atoms with Crippen molar-refractivity contribution in [1.82, 2.24) is 0 Å². The second-order valence-corrected chi connectivity index (χ2v) is 4.27. The number of esters is 1. The van der Waals surface area contributed by atoms with Crippen molar-refractivity contribution in [2.45, 2.75) is 31.4 Å². The van der Waals surface area contributed by atoms with Gasteiger partial charge in [-0.05, 0) is 6.42 Å². The van der Waals surface area contributed by atoms with Crippen LogP contribution in [-0.2, 0) is 19.6 Å². The Morgan fingerprint density at radius 3 is 2.38 bits per heavy atom. The first kappa shape index (κ1) is 12.4. The van der Waals surface area contributed by atoms with Gasteiger partial charge >= 0.3 is 5.97 Å². The van der Waals surface area contributed by atoms with Crippen molar-refractivity contribution in [2.24, 2.45) is 0 Å². The van der Waals surface area contributed by atoms with E-state index in [0.29, 0.717) is 6.42 Å². The van der Waals surface area contributed by atoms with E-state index in [1.54, 1.807) is 0 Å². The molecule has 0 saturated carbocycles. The molecular formula is C7H14O5S. The first-order valence-electron chi connectivity index (χ1n) is 3.97. The van der Waals surface area contributed by atoms with E-state index in [0.717, 1.165) is 13.5 Å². The smallest absolute Gasteiger partial charge is 0.326 e. The van der Waals surface area contributed by atoms with Gasteiger partial charge in [-0.15, -0.1) is 0 Å². The molecule has 6 heteroatoms. The Bertz CT molecular complexity index is 256. The van der Waals surface area contributed by atoms with Gasteiger partial charge in [-0.3, -0.25) is 9.35 Å². The van der Waals surface area contributed by atoms with Gasteiger partial charge in [0.1, 0.15) is 0 Å². The number of ether oxygens (including phenoxy) is 1. The topological polar surface area (TPSA) is 80.7 Å². The summed E-state index contributed by atoms with van der Waals surface area (Å²) in [5.74, 6) is -0.907. The van der Waals surface area contributed by atoms with Gasteiger partial charge in [0.05, 0.1) is 7.11 Å². The van der Waals surface area contributed by atoms with Gasteiger partial charge in [0.15, 0.2) is 5.25 Å². The number of carbonyl (C=O) groups is 1. The molecule has 0 heterocycles. The van der Waals surface area contributed by atoms with Crippen LogP contribution in [0.4, 0.5) is 0 Å². The van der Waals surface area contributed by atoms with E-state index in [9.17, 15) is 13.2 Å². The zero-order valence-electron chi connectivity index (χ0n) is 7.69. The summed E-state index contributed by atoms with van der Waals surface area (Å²) in [6.07, 6.45) is 1.41. The number of rotatable bonds is 5. The molecule has 0 aromatic heterocycles. The van der Waals surface area contributed by atoms with Crippen LogP contribution < -0.4 is 0 Å². The maximum atomic E-state index is 10.9. The molecule has 1 atom stereocenters. The standard InChI is InChI=1S/C7H14O5S/c1-3-4-5-6(7(8)12-2)13(9,10)11/h6H,3-5H2,1-2H3,(H,9,10,11)/t6-/m0/s1. The van der Waals surface area contributed by atoms with Crippen LogP contribution in [0.25, 0.3) is 0 Å². The molecule has 0 rings (SSSR count). The Kier molecular flexibility index (Phi) is 4.94. The highest BCUT2D eigenvalue weighted by Crippen LogP contribution is 2.10. The molecule has 0 bridgehead atoms. The Balaban J connectivity index is 4.47. The summed E-state index contributed by atoms with van der Waals surface area (Å²) in [5, 5.41) is -1.43. The number of unbranched alkanes of at least 4 members (excludes halogenated alkanes) is 1. The van der Waals surface area contributed by atoms with Crippen LogP contribution in [0.2, 0.25) is 0 Å². The predicted molar refractivity (Wildman–Crippen MR) is 46.9 cm³/mol. The quantitative estimate of drug-likeness (QED) is 0.531. The predicted octanol–water partition coefficient (Wildman–Crippen LogP) is 0.606. The summed E-state index contributed by atoms with van der Waals surface area (Å²) in [4.78, 5) is 10.9. The van der Waals surface area contributed by atoms with Gasteiger partial charge in [-0.25, -0.2) is 0 Å². The van der Waals surface area contributed by atoms with E-state index in [2.05, 4.69) is 4.74 Å². The molecule has 0 radical (unpaired) electrons. The van der Waals surface area contributed by atoms with Crippen LogP contribution in [-0.4, -0.2) is 31.3 Å². The van der Waals surface area contributed by atoms with Crippen LogP contribution in [0, 0.1) is 0 Å². The monoisotopic (exact) mass is 210 g/mol. The molecule has 13 heavy (non-hydrogen) atoms. The van der Waals surface area contributed by atoms with Crippen molar-refractivity contribution >= 4 is 16.1 Å². The van der Waals surface area contributed by atoms with Crippen molar-refractivity contribution < 1.29 is 22.5 Å². The number of hydrogen-bond donors (Lipinski definition) is 1. The normalized spacial score (nSPS) is 13.8. The Hall–Kier alpha value is -0.620. The summed E-state index contributed by atoms with van der Waals surface area (Å²) in [7, 11) is -3.23. The molecule has 78 valence electrons. The maximum Gasteiger partial charge on any atom is 0.326 e. The number of methoxy groups -OCH3 is 1. The minimum atomic E-state index is -4.32. The molecule has 0 unspecified atom stereocenters. The fourth-order valence-corrected chi connectivity index (χ4v) is 1.71. The second-order valence-electron chi connectivity index (χ2n) is 2.67. The van der Waals surface area contributed by atoms with Crippen LogP contribution in [0.15, 0.2) is 0 Å². The lowest BCUT2D eigenvalue weighted by Crippen LogP contribution is -2.30. The van der Waals surface area contributed by atoms with Gasteiger partial charge in [-0.1, -0.05) is 19.8 Å². The number of carbonyl (C=O) groups excluding carboxylic acids is 1. The maximum absolute atomic E-state index is 10.9. The molecule has 5 nitrogen and oxygen atoms in total. The zero-order chi connectivity index (χ0) is 10.5. The average Bonchev–Trinajstić information content (AvgIpc) is 2.02. The van der Waals surface area contributed by atoms with Crippen molar-refractivity contribution in [2.75, 3.05) is 7.11 Å². The molecule has 1 N–H and O–H groups in total. The lowest BCUT2D eigenvalue weighted by molar-refractivity contribution is -0.140. The first-order chi connectivity index (χ1) is 5.93. The van der Waals surface area contributed by atoms with Crippen molar-refractivity contribution in [3.05, 3.63) is 0 Å². The van der Waals surface area contributed by atoms with Crippen molar-refractivity contribution in [1.29, 1.82) is 0 Å². The fourth-order valence-electron chi connectivity index (χ4n) is 0.909. The SMILES string of the molecule is CCCC[C@@H](C(=O)OC)S(=O)(=O)O. The molecule has 0 aromatic rings. The molecule has 0 saturated heterocycles. The van der Waals surface area contributed by atoms with Gasteiger partial charge in [0.2, 0.25) is 0 Å². The summed E-state index contributed by atoms with van der Waals surface area (Å²) >= 11 is 0. The Labute approximate surface area is 77.8 Å². The highest BCUT2D eigenvalue weighted by molar-refractivity contribution is 7.87. The van der Waals surface area contributed by atoms with E-state index >= 15 is 0 Å². The second kappa shape index (κ2) is 5.18. The Morgan fingerprint density at radius 1 is 1.54 bits per heavy atom. The van der Waals surface area contributed by atoms with E-state index < -0.39 is 21.3 Å². The Morgan fingerprint density at radius 2 is 2.08 bits per heavy atom. The molecular weight excluding hydrogens is 196 g/mol. The van der Waals surface area contributed by atoms with E-state index in [1.807, 2.05) is 6.92 Å². The van der Waals surface area contributed by atoms with Gasteiger partial charge in [0.25, 0.3) is 10.1 Å². The number of hydrogen-bond acceptors (Lipinski definition) is 4. The van der Waals surface area contributed by atoms with Crippen LogP contribution in [0.5, 0.6) is 0 Å². The minimum Gasteiger partial charge on any atom is -0.468 e. The molecule has 0 aliphatic rings. The zero-order valence-corrected chi connectivity index (χ0v) is 8.50. The van der Waals surface area contributed by atoms with Crippen molar-refractivity contribution in [3.63, 3.8) is 0 Å². The molecule has 0 fully saturated rings. The fraction of sp³-hybridized carbons (Fsp3) is 0.857. The molecule has 0 spiro atoms. The first-order valence-corrected chi connectivity index (χ1v) is 5.48. The molecule has 0 aromatic carbocycles. The summed E-state index contributed by atoms with van der Waals surface area (Å²) < 4.78 is 34.3. The lowest BCUT2D eigenvalue weighted by Gasteiger charge is -2.09. The lowest BCUT2D eigenvalue weighted by atomic mass is 10.2. The molecule has 0 aliphatic carbocycles. The summed E-state index contributed by atoms with van der Waals surface area (Å²) in [6, 6.07) is 0. The average molecular weight is 210 g/mol. The van der Waals surface area contributed by atoms with Crippen LogP contribution in [0.1, 0.15) is 26.2 Å². The van der Waals surface area contributed by atoms with E-state index in [1.165, 1.54) is 0 Å². The third-order valence-corrected chi connectivity index (χ3v) is 2.79. The van der Waals surface area contributed by atoms with Gasteiger partial charge in [0, 0.05) is 0 Å². The van der Waals surface area contributed by atoms with E-state index in [4.69, 9.17) is 4.55 Å². The summed E-state index contributed by atoms with van der Waals surface area (Å²) in [5.41, 5.74) is 0. The third-order valence-electron chi connectivity index (χ3n) is 1.64. The highest BCUT2D eigenvalue weighted by atomic mass is 32.2. The minimum absolute atomic E-state index is 0.0992. The molecule has 0 aliphatic heterocycles. The third kappa shape index (κ3) is 4.23. The van der Waals surface area contributed by atoms with Crippen LogP contribution in [0.3, 0.4) is 0 Å².